The maximum atomic E-state index is 5.93. The molecule has 0 unspecified atom stereocenters. The van der Waals surface area contributed by atoms with Crippen LogP contribution in [-0.2, 0) is 0 Å². The van der Waals surface area contributed by atoms with Gasteiger partial charge in [0.05, 0.1) is 0 Å². The highest BCUT2D eigenvalue weighted by Gasteiger charge is 2.05. The normalized spacial score (nSPS) is 13.4. The van der Waals surface area contributed by atoms with Crippen LogP contribution in [-0.4, -0.2) is 0 Å². The average Bonchev–Trinajstić information content (AvgIpc) is 2.36. The van der Waals surface area contributed by atoms with Crippen LogP contribution < -0.4 is 5.73 Å². The smallest absolute Gasteiger partial charge is 0.0389 e. The van der Waals surface area contributed by atoms with E-state index in [0.717, 1.165) is 12.8 Å². The molecule has 1 aromatic heterocycles. The molecule has 0 spiro atoms. The zero-order chi connectivity index (χ0) is 8.27. The standard InChI is InChI=1S/C9H15NS/c1-3-4-8(10)9-5-7(2)6-11-9/h5-6,8H,3-4,10H2,1-2H3/t8-/m0/s1. The van der Waals surface area contributed by atoms with Crippen LogP contribution in [0.1, 0.15) is 36.2 Å². The van der Waals surface area contributed by atoms with Crippen molar-refractivity contribution in [1.82, 2.24) is 0 Å². The molecule has 0 radical (unpaired) electrons. The topological polar surface area (TPSA) is 26.0 Å². The van der Waals surface area contributed by atoms with Gasteiger partial charge in [-0.25, -0.2) is 0 Å². The van der Waals surface area contributed by atoms with E-state index in [1.165, 1.54) is 10.4 Å². The van der Waals surface area contributed by atoms with Gasteiger partial charge in [0.25, 0.3) is 0 Å². The minimum absolute atomic E-state index is 0.263. The van der Waals surface area contributed by atoms with E-state index in [4.69, 9.17) is 5.73 Å². The summed E-state index contributed by atoms with van der Waals surface area (Å²) < 4.78 is 0. The maximum absolute atomic E-state index is 5.93. The Labute approximate surface area is 72.2 Å². The van der Waals surface area contributed by atoms with Crippen molar-refractivity contribution in [3.8, 4) is 0 Å². The maximum Gasteiger partial charge on any atom is 0.0389 e. The average molecular weight is 169 g/mol. The van der Waals surface area contributed by atoms with Crippen LogP contribution in [0.25, 0.3) is 0 Å². The quantitative estimate of drug-likeness (QED) is 0.739. The van der Waals surface area contributed by atoms with E-state index < -0.39 is 0 Å². The van der Waals surface area contributed by atoms with Crippen molar-refractivity contribution in [2.24, 2.45) is 5.73 Å². The summed E-state index contributed by atoms with van der Waals surface area (Å²) in [5.74, 6) is 0. The third-order valence-corrected chi connectivity index (χ3v) is 2.90. The molecule has 11 heavy (non-hydrogen) atoms. The molecule has 0 amide bonds. The molecule has 62 valence electrons. The van der Waals surface area contributed by atoms with Gasteiger partial charge in [0.15, 0.2) is 0 Å². The number of hydrogen-bond donors (Lipinski definition) is 1. The van der Waals surface area contributed by atoms with Crippen LogP contribution in [0.4, 0.5) is 0 Å². The van der Waals surface area contributed by atoms with Gasteiger partial charge in [0.1, 0.15) is 0 Å². The molecule has 0 saturated heterocycles. The molecular formula is C9H15NS. The first-order valence-corrected chi connectivity index (χ1v) is 4.92. The summed E-state index contributed by atoms with van der Waals surface area (Å²) in [6.45, 7) is 4.28. The molecule has 0 aliphatic rings. The lowest BCUT2D eigenvalue weighted by Gasteiger charge is -2.05. The van der Waals surface area contributed by atoms with E-state index in [2.05, 4.69) is 25.3 Å². The number of hydrogen-bond acceptors (Lipinski definition) is 2. The zero-order valence-corrected chi connectivity index (χ0v) is 7.95. The number of nitrogens with two attached hydrogens (primary N) is 1. The Morgan fingerprint density at radius 2 is 2.36 bits per heavy atom. The Morgan fingerprint density at radius 1 is 1.64 bits per heavy atom. The predicted molar refractivity (Wildman–Crippen MR) is 50.9 cm³/mol. The van der Waals surface area contributed by atoms with E-state index in [0.29, 0.717) is 0 Å². The Kier molecular flexibility index (Phi) is 3.09. The van der Waals surface area contributed by atoms with E-state index in [1.54, 1.807) is 11.3 Å². The molecule has 0 aliphatic carbocycles. The molecule has 2 heteroatoms. The number of rotatable bonds is 3. The third-order valence-electron chi connectivity index (χ3n) is 1.72. The Hall–Kier alpha value is -0.340. The summed E-state index contributed by atoms with van der Waals surface area (Å²) >= 11 is 1.77. The van der Waals surface area contributed by atoms with E-state index in [9.17, 15) is 0 Å². The van der Waals surface area contributed by atoms with E-state index >= 15 is 0 Å². The van der Waals surface area contributed by atoms with Crippen LogP contribution in [0.2, 0.25) is 0 Å². The second kappa shape index (κ2) is 3.88. The molecule has 1 heterocycles. The molecule has 0 aliphatic heterocycles. The van der Waals surface area contributed by atoms with Crippen molar-refractivity contribution in [1.29, 1.82) is 0 Å². The Morgan fingerprint density at radius 3 is 2.82 bits per heavy atom. The van der Waals surface area contributed by atoms with Gasteiger partial charge in [0.2, 0.25) is 0 Å². The van der Waals surface area contributed by atoms with Crippen LogP contribution in [0.5, 0.6) is 0 Å². The number of thiophene rings is 1. The van der Waals surface area contributed by atoms with Crippen molar-refractivity contribution >= 4 is 11.3 Å². The van der Waals surface area contributed by atoms with Crippen LogP contribution in [0, 0.1) is 6.92 Å². The predicted octanol–water partition coefficient (Wildman–Crippen LogP) is 2.86. The summed E-state index contributed by atoms with van der Waals surface area (Å²) in [7, 11) is 0. The molecule has 1 rings (SSSR count). The van der Waals surface area contributed by atoms with Crippen molar-refractivity contribution in [3.05, 3.63) is 21.9 Å². The second-order valence-electron chi connectivity index (χ2n) is 2.92. The highest BCUT2D eigenvalue weighted by atomic mass is 32.1. The van der Waals surface area contributed by atoms with Crippen LogP contribution >= 0.6 is 11.3 Å². The zero-order valence-electron chi connectivity index (χ0n) is 7.13. The third kappa shape index (κ3) is 2.31. The minimum Gasteiger partial charge on any atom is -0.323 e. The highest BCUT2D eigenvalue weighted by molar-refractivity contribution is 7.10. The van der Waals surface area contributed by atoms with Gasteiger partial charge in [-0.1, -0.05) is 13.3 Å². The highest BCUT2D eigenvalue weighted by Crippen LogP contribution is 2.22. The lowest BCUT2D eigenvalue weighted by Crippen LogP contribution is -2.07. The van der Waals surface area contributed by atoms with Gasteiger partial charge < -0.3 is 5.73 Å². The summed E-state index contributed by atoms with van der Waals surface area (Å²) in [6.07, 6.45) is 2.26. The van der Waals surface area contributed by atoms with Gasteiger partial charge in [-0.2, -0.15) is 0 Å². The van der Waals surface area contributed by atoms with Gasteiger partial charge in [-0.3, -0.25) is 0 Å². The molecule has 1 atom stereocenters. The Balaban J connectivity index is 2.60. The lowest BCUT2D eigenvalue weighted by atomic mass is 10.1. The molecule has 0 bridgehead atoms. The molecule has 1 nitrogen and oxygen atoms in total. The Bertz CT molecular complexity index is 217. The lowest BCUT2D eigenvalue weighted by molar-refractivity contribution is 0.648. The van der Waals surface area contributed by atoms with Gasteiger partial charge >= 0.3 is 0 Å². The fourth-order valence-electron chi connectivity index (χ4n) is 1.10. The van der Waals surface area contributed by atoms with Gasteiger partial charge in [-0.05, 0) is 30.4 Å². The van der Waals surface area contributed by atoms with Crippen molar-refractivity contribution < 1.29 is 0 Å². The molecule has 0 fully saturated rings. The summed E-state index contributed by atoms with van der Waals surface area (Å²) in [4.78, 5) is 1.32. The SMILES string of the molecule is CCC[C@H](N)c1cc(C)cs1. The van der Waals surface area contributed by atoms with E-state index in [1.807, 2.05) is 0 Å². The summed E-state index contributed by atoms with van der Waals surface area (Å²) in [5, 5.41) is 2.16. The van der Waals surface area contributed by atoms with Crippen molar-refractivity contribution in [2.75, 3.05) is 0 Å². The molecular weight excluding hydrogens is 154 g/mol. The van der Waals surface area contributed by atoms with Gasteiger partial charge in [0, 0.05) is 10.9 Å². The minimum atomic E-state index is 0.263. The largest absolute Gasteiger partial charge is 0.323 e. The van der Waals surface area contributed by atoms with Crippen molar-refractivity contribution in [2.45, 2.75) is 32.7 Å². The van der Waals surface area contributed by atoms with Crippen molar-refractivity contribution in [3.63, 3.8) is 0 Å². The van der Waals surface area contributed by atoms with Crippen LogP contribution in [0.15, 0.2) is 11.4 Å². The van der Waals surface area contributed by atoms with Gasteiger partial charge in [-0.15, -0.1) is 11.3 Å². The summed E-state index contributed by atoms with van der Waals surface area (Å²) in [5.41, 5.74) is 7.26. The monoisotopic (exact) mass is 169 g/mol. The van der Waals surface area contributed by atoms with E-state index in [-0.39, 0.29) is 6.04 Å². The molecule has 0 saturated carbocycles. The first-order valence-electron chi connectivity index (χ1n) is 4.04. The molecule has 1 aromatic rings. The fraction of sp³-hybridized carbons (Fsp3) is 0.556. The second-order valence-corrected chi connectivity index (χ2v) is 3.86. The first-order chi connectivity index (χ1) is 5.24. The number of aryl methyl sites for hydroxylation is 1. The van der Waals surface area contributed by atoms with Crippen LogP contribution in [0.3, 0.4) is 0 Å². The first kappa shape index (κ1) is 8.75. The molecule has 2 N–H and O–H groups in total. The fourth-order valence-corrected chi connectivity index (χ4v) is 2.04. The molecule has 0 aromatic carbocycles. The summed E-state index contributed by atoms with van der Waals surface area (Å²) in [6, 6.07) is 2.45.